The summed E-state index contributed by atoms with van der Waals surface area (Å²) < 4.78 is 4.66. The number of aromatic nitrogens is 1. The third-order valence-corrected chi connectivity index (χ3v) is 2.73. The number of carbonyl (C=O) groups excluding carboxylic acids is 1. The summed E-state index contributed by atoms with van der Waals surface area (Å²) in [6, 6.07) is 3.66. The Morgan fingerprint density at radius 3 is 2.72 bits per heavy atom. The van der Waals surface area contributed by atoms with Crippen molar-refractivity contribution in [3.63, 3.8) is 0 Å². The van der Waals surface area contributed by atoms with Gasteiger partial charge in [0.2, 0.25) is 0 Å². The number of methoxy groups -OCH3 is 1. The quantitative estimate of drug-likeness (QED) is 0.634. The number of thiocarbonyl (C=S) groups is 1. The van der Waals surface area contributed by atoms with E-state index >= 15 is 0 Å². The highest BCUT2D eigenvalue weighted by Crippen LogP contribution is 2.18. The summed E-state index contributed by atoms with van der Waals surface area (Å²) in [5.41, 5.74) is 7.18. The second-order valence-electron chi connectivity index (χ2n) is 3.78. The number of hydrogen-bond acceptors (Lipinski definition) is 5. The molecule has 0 amide bonds. The lowest BCUT2D eigenvalue weighted by atomic mass is 10.2. The number of ether oxygens (including phenoxy) is 1. The Balaban J connectivity index is 3.14. The Labute approximate surface area is 112 Å². The van der Waals surface area contributed by atoms with Crippen LogP contribution < -0.4 is 10.6 Å². The fraction of sp³-hybridized carbons (Fsp3) is 0.417. The van der Waals surface area contributed by atoms with Gasteiger partial charge in [-0.15, -0.1) is 0 Å². The highest BCUT2D eigenvalue weighted by molar-refractivity contribution is 7.80. The van der Waals surface area contributed by atoms with E-state index in [1.165, 1.54) is 7.11 Å². The van der Waals surface area contributed by atoms with Crippen LogP contribution in [0.3, 0.4) is 0 Å². The van der Waals surface area contributed by atoms with Crippen LogP contribution in [0.25, 0.3) is 0 Å². The highest BCUT2D eigenvalue weighted by atomic mass is 32.1. The minimum atomic E-state index is -0.325. The summed E-state index contributed by atoms with van der Waals surface area (Å²) in [4.78, 5) is 17.8. The van der Waals surface area contributed by atoms with Crippen LogP contribution in [0, 0.1) is 6.92 Å². The summed E-state index contributed by atoms with van der Waals surface area (Å²) in [6.45, 7) is 4.54. The second kappa shape index (κ2) is 6.30. The van der Waals surface area contributed by atoms with Crippen molar-refractivity contribution in [2.75, 3.05) is 25.1 Å². The molecule has 0 aliphatic heterocycles. The molecule has 0 atom stereocenters. The van der Waals surface area contributed by atoms with E-state index in [1.54, 1.807) is 4.90 Å². The number of rotatable bonds is 5. The molecular weight excluding hydrogens is 250 g/mol. The summed E-state index contributed by atoms with van der Waals surface area (Å²) in [7, 11) is 1.36. The van der Waals surface area contributed by atoms with Crippen molar-refractivity contribution in [2.45, 2.75) is 13.8 Å². The summed E-state index contributed by atoms with van der Waals surface area (Å²) in [6.07, 6.45) is 0. The number of pyridine rings is 1. The minimum absolute atomic E-state index is 0.124. The number of nitrogens with two attached hydrogens (primary N) is 1. The van der Waals surface area contributed by atoms with Gasteiger partial charge in [0.25, 0.3) is 0 Å². The van der Waals surface area contributed by atoms with Gasteiger partial charge in [-0.3, -0.25) is 4.79 Å². The zero-order valence-electron chi connectivity index (χ0n) is 10.8. The van der Waals surface area contributed by atoms with Gasteiger partial charge in [0.1, 0.15) is 17.4 Å². The van der Waals surface area contributed by atoms with Gasteiger partial charge in [-0.2, -0.15) is 0 Å². The van der Waals surface area contributed by atoms with Gasteiger partial charge in [0.05, 0.1) is 12.7 Å². The largest absolute Gasteiger partial charge is 0.468 e. The average Bonchev–Trinajstić information content (AvgIpc) is 2.35. The first kappa shape index (κ1) is 14.4. The maximum absolute atomic E-state index is 11.4. The van der Waals surface area contributed by atoms with E-state index in [9.17, 15) is 4.79 Å². The number of hydrogen-bond donors (Lipinski definition) is 1. The molecule has 0 aliphatic carbocycles. The van der Waals surface area contributed by atoms with Crippen molar-refractivity contribution in [3.8, 4) is 0 Å². The number of carbonyl (C=O) groups is 1. The molecule has 18 heavy (non-hydrogen) atoms. The number of esters is 1. The Kier molecular flexibility index (Phi) is 5.03. The molecule has 2 N–H and O–H groups in total. The Bertz CT molecular complexity index is 463. The molecule has 0 bridgehead atoms. The van der Waals surface area contributed by atoms with Gasteiger partial charge < -0.3 is 15.4 Å². The topological polar surface area (TPSA) is 68.5 Å². The van der Waals surface area contributed by atoms with Crippen molar-refractivity contribution in [1.29, 1.82) is 0 Å². The average molecular weight is 267 g/mol. The summed E-state index contributed by atoms with van der Waals surface area (Å²) >= 11 is 5.00. The maximum atomic E-state index is 11.4. The van der Waals surface area contributed by atoms with Gasteiger partial charge in [0.15, 0.2) is 0 Å². The van der Waals surface area contributed by atoms with Crippen LogP contribution >= 0.6 is 12.2 Å². The fourth-order valence-electron chi connectivity index (χ4n) is 1.53. The van der Waals surface area contributed by atoms with E-state index < -0.39 is 0 Å². The maximum Gasteiger partial charge on any atom is 0.325 e. The normalized spacial score (nSPS) is 9.94. The molecule has 0 fully saturated rings. The molecular formula is C12H17N3O2S. The Morgan fingerprint density at radius 2 is 2.22 bits per heavy atom. The van der Waals surface area contributed by atoms with Crippen LogP contribution in [0.1, 0.15) is 18.2 Å². The highest BCUT2D eigenvalue weighted by Gasteiger charge is 2.16. The zero-order chi connectivity index (χ0) is 13.7. The standard InChI is InChI=1S/C12H17N3O2S/c1-4-15(7-10(16)17-3)12-9(11(13)18)6-5-8(2)14-12/h5-6H,4,7H2,1-3H3,(H2,13,18). The van der Waals surface area contributed by atoms with Crippen LogP contribution in [0.5, 0.6) is 0 Å². The van der Waals surface area contributed by atoms with E-state index in [0.29, 0.717) is 17.9 Å². The fourth-order valence-corrected chi connectivity index (χ4v) is 1.69. The first-order chi connectivity index (χ1) is 8.49. The molecule has 1 rings (SSSR count). The van der Waals surface area contributed by atoms with Crippen LogP contribution in [0.4, 0.5) is 5.82 Å². The molecule has 6 heteroatoms. The van der Waals surface area contributed by atoms with E-state index in [1.807, 2.05) is 26.0 Å². The van der Waals surface area contributed by atoms with E-state index in [0.717, 1.165) is 5.69 Å². The summed E-state index contributed by atoms with van der Waals surface area (Å²) in [5, 5.41) is 0. The first-order valence-corrected chi connectivity index (χ1v) is 5.99. The van der Waals surface area contributed by atoms with Crippen molar-refractivity contribution in [2.24, 2.45) is 5.73 Å². The number of anilines is 1. The van der Waals surface area contributed by atoms with Gasteiger partial charge in [-0.1, -0.05) is 12.2 Å². The van der Waals surface area contributed by atoms with E-state index in [4.69, 9.17) is 18.0 Å². The van der Waals surface area contributed by atoms with E-state index in [-0.39, 0.29) is 17.5 Å². The van der Waals surface area contributed by atoms with Crippen LogP contribution in [-0.2, 0) is 9.53 Å². The van der Waals surface area contributed by atoms with Crippen LogP contribution in [-0.4, -0.2) is 36.1 Å². The molecule has 0 aliphatic rings. The van der Waals surface area contributed by atoms with Gasteiger partial charge in [-0.25, -0.2) is 4.98 Å². The Hall–Kier alpha value is -1.69. The summed E-state index contributed by atoms with van der Waals surface area (Å²) in [5.74, 6) is 0.296. The third kappa shape index (κ3) is 3.40. The number of aryl methyl sites for hydroxylation is 1. The molecule has 98 valence electrons. The smallest absolute Gasteiger partial charge is 0.325 e. The molecule has 1 aromatic heterocycles. The lowest BCUT2D eigenvalue weighted by molar-refractivity contribution is -0.138. The van der Waals surface area contributed by atoms with Crippen molar-refractivity contribution in [3.05, 3.63) is 23.4 Å². The minimum Gasteiger partial charge on any atom is -0.468 e. The van der Waals surface area contributed by atoms with Crippen molar-refractivity contribution in [1.82, 2.24) is 4.98 Å². The molecule has 1 heterocycles. The lowest BCUT2D eigenvalue weighted by Crippen LogP contribution is -2.33. The van der Waals surface area contributed by atoms with E-state index in [2.05, 4.69) is 9.72 Å². The second-order valence-corrected chi connectivity index (χ2v) is 4.22. The Morgan fingerprint density at radius 1 is 1.56 bits per heavy atom. The van der Waals surface area contributed by atoms with Crippen LogP contribution in [0.2, 0.25) is 0 Å². The SMILES string of the molecule is CCN(CC(=O)OC)c1nc(C)ccc1C(N)=S. The van der Waals surface area contributed by atoms with Gasteiger partial charge in [0, 0.05) is 12.2 Å². The molecule has 0 spiro atoms. The molecule has 0 unspecified atom stereocenters. The van der Waals surface area contributed by atoms with Crippen molar-refractivity contribution >= 4 is 29.0 Å². The van der Waals surface area contributed by atoms with Crippen molar-refractivity contribution < 1.29 is 9.53 Å². The predicted molar refractivity (Wildman–Crippen MR) is 74.8 cm³/mol. The van der Waals surface area contributed by atoms with Gasteiger partial charge in [-0.05, 0) is 26.0 Å². The lowest BCUT2D eigenvalue weighted by Gasteiger charge is -2.23. The number of likely N-dealkylation sites (N-methyl/N-ethyl adjacent to an activating group) is 1. The molecule has 0 aromatic carbocycles. The molecule has 1 aromatic rings. The molecule has 5 nitrogen and oxygen atoms in total. The van der Waals surface area contributed by atoms with Crippen LogP contribution in [0.15, 0.2) is 12.1 Å². The molecule has 0 saturated heterocycles. The molecule has 0 radical (unpaired) electrons. The number of nitrogens with zero attached hydrogens (tertiary/aromatic N) is 2. The monoisotopic (exact) mass is 267 g/mol. The predicted octanol–water partition coefficient (Wildman–Crippen LogP) is 1.02. The zero-order valence-corrected chi connectivity index (χ0v) is 11.6. The first-order valence-electron chi connectivity index (χ1n) is 5.58. The van der Waals surface area contributed by atoms with Gasteiger partial charge >= 0.3 is 5.97 Å². The molecule has 0 saturated carbocycles. The third-order valence-electron chi connectivity index (χ3n) is 2.51.